The molecule has 14 heavy (non-hydrogen) atoms. The van der Waals surface area contributed by atoms with Gasteiger partial charge in [0.2, 0.25) is 0 Å². The van der Waals surface area contributed by atoms with Crippen molar-refractivity contribution in [1.82, 2.24) is 0 Å². The number of benzene rings is 1. The van der Waals surface area contributed by atoms with E-state index in [9.17, 15) is 15.0 Å². The fourth-order valence-electron chi connectivity index (χ4n) is 1.55. The van der Waals surface area contributed by atoms with Crippen molar-refractivity contribution in [1.29, 1.82) is 0 Å². The third kappa shape index (κ3) is 1.20. The molecule has 0 amide bonds. The average Bonchev–Trinajstić information content (AvgIpc) is 2.59. The highest BCUT2D eigenvalue weighted by Gasteiger charge is 2.22. The quantitative estimate of drug-likeness (QED) is 0.406. The van der Waals surface area contributed by atoms with E-state index in [1.807, 2.05) is 0 Å². The van der Waals surface area contributed by atoms with Gasteiger partial charge in [-0.15, -0.1) is 4.91 Å². The first kappa shape index (κ1) is 8.61. The van der Waals surface area contributed by atoms with Gasteiger partial charge in [-0.25, -0.2) is 5.01 Å². The monoisotopic (exact) mass is 193 g/mol. The van der Waals surface area contributed by atoms with Crippen LogP contribution < -0.4 is 5.01 Å². The largest absolute Gasteiger partial charge is 0.271 e. The van der Waals surface area contributed by atoms with Crippen molar-refractivity contribution < 1.29 is 4.92 Å². The maximum atomic E-state index is 10.5. The molecule has 72 valence electrons. The number of nitro groups is 1. The average molecular weight is 193 g/mol. The van der Waals surface area contributed by atoms with Gasteiger partial charge in [-0.05, 0) is 12.0 Å². The van der Waals surface area contributed by atoms with Gasteiger partial charge < -0.3 is 0 Å². The zero-order chi connectivity index (χ0) is 10.1. The molecule has 0 aliphatic carbocycles. The molecule has 1 aliphatic heterocycles. The smallest absolute Gasteiger partial charge is 0.258 e. The Morgan fingerprint density at radius 3 is 2.93 bits per heavy atom. The summed E-state index contributed by atoms with van der Waals surface area (Å²) in [6.07, 6.45) is 0.707. The maximum absolute atomic E-state index is 10.5. The Morgan fingerprint density at radius 2 is 2.29 bits per heavy atom. The number of fused-ring (bicyclic) bond motifs is 1. The summed E-state index contributed by atoms with van der Waals surface area (Å²) in [6, 6.07) is 4.48. The Bertz CT molecular complexity index is 405. The fourth-order valence-corrected chi connectivity index (χ4v) is 1.55. The van der Waals surface area contributed by atoms with Crippen LogP contribution >= 0.6 is 0 Å². The molecule has 0 unspecified atom stereocenters. The lowest BCUT2D eigenvalue weighted by molar-refractivity contribution is -0.384. The summed E-state index contributed by atoms with van der Waals surface area (Å²) in [5.74, 6) is 0. The first-order valence-corrected chi connectivity index (χ1v) is 4.10. The molecule has 0 saturated carbocycles. The number of rotatable bonds is 2. The number of anilines is 1. The van der Waals surface area contributed by atoms with Crippen LogP contribution in [0.4, 0.5) is 11.4 Å². The molecule has 0 fully saturated rings. The highest BCUT2D eigenvalue weighted by Crippen LogP contribution is 2.31. The van der Waals surface area contributed by atoms with Crippen LogP contribution in [0.25, 0.3) is 0 Å². The van der Waals surface area contributed by atoms with Gasteiger partial charge in [-0.3, -0.25) is 10.1 Å². The number of hydrogen-bond acceptors (Lipinski definition) is 4. The number of non-ortho nitro benzene ring substituents is 1. The molecule has 1 aromatic rings. The van der Waals surface area contributed by atoms with E-state index in [0.29, 0.717) is 18.7 Å². The second-order valence-electron chi connectivity index (χ2n) is 3.02. The Kier molecular flexibility index (Phi) is 1.88. The molecule has 0 spiro atoms. The van der Waals surface area contributed by atoms with Gasteiger partial charge in [0.25, 0.3) is 5.69 Å². The van der Waals surface area contributed by atoms with Crippen molar-refractivity contribution in [3.05, 3.63) is 38.8 Å². The molecule has 1 heterocycles. The number of nitrogens with zero attached hydrogens (tertiary/aromatic N) is 3. The topological polar surface area (TPSA) is 75.8 Å². The minimum atomic E-state index is -0.485. The van der Waals surface area contributed by atoms with Gasteiger partial charge in [-0.2, -0.15) is 0 Å². The van der Waals surface area contributed by atoms with E-state index in [4.69, 9.17) is 0 Å². The molecule has 2 rings (SSSR count). The lowest BCUT2D eigenvalue weighted by Gasteiger charge is -2.06. The lowest BCUT2D eigenvalue weighted by atomic mass is 10.1. The van der Waals surface area contributed by atoms with Crippen LogP contribution in [-0.4, -0.2) is 11.5 Å². The third-order valence-electron chi connectivity index (χ3n) is 2.25. The highest BCUT2D eigenvalue weighted by molar-refractivity contribution is 5.61. The van der Waals surface area contributed by atoms with E-state index < -0.39 is 4.92 Å². The molecule has 6 nitrogen and oxygen atoms in total. The van der Waals surface area contributed by atoms with Gasteiger partial charge >= 0.3 is 0 Å². The van der Waals surface area contributed by atoms with Crippen LogP contribution in [0.15, 0.2) is 23.5 Å². The van der Waals surface area contributed by atoms with Gasteiger partial charge in [0.15, 0.2) is 0 Å². The van der Waals surface area contributed by atoms with E-state index in [0.717, 1.165) is 5.56 Å². The van der Waals surface area contributed by atoms with Crippen LogP contribution in [-0.2, 0) is 6.42 Å². The summed E-state index contributed by atoms with van der Waals surface area (Å²) in [7, 11) is 0. The van der Waals surface area contributed by atoms with Crippen LogP contribution in [0, 0.1) is 15.0 Å². The van der Waals surface area contributed by atoms with Crippen molar-refractivity contribution in [2.45, 2.75) is 6.42 Å². The molecule has 0 bridgehead atoms. The summed E-state index contributed by atoms with van der Waals surface area (Å²) >= 11 is 0. The SMILES string of the molecule is O=NN1CCc2ccc([N+](=O)[O-])cc21. The normalized spacial score (nSPS) is 13.9. The Morgan fingerprint density at radius 1 is 1.50 bits per heavy atom. The van der Waals surface area contributed by atoms with Crippen molar-refractivity contribution in [2.75, 3.05) is 11.6 Å². The molecule has 0 N–H and O–H groups in total. The summed E-state index contributed by atoms with van der Waals surface area (Å²) in [5.41, 5.74) is 1.46. The predicted octanol–water partition coefficient (Wildman–Crippen LogP) is 1.64. The zero-order valence-electron chi connectivity index (χ0n) is 7.21. The number of nitroso groups, excluding NO2 is 1. The fraction of sp³-hybridized carbons (Fsp3) is 0.250. The highest BCUT2D eigenvalue weighted by atomic mass is 16.6. The Balaban J connectivity index is 2.47. The molecule has 0 atom stereocenters. The minimum Gasteiger partial charge on any atom is -0.258 e. The molecule has 1 aliphatic rings. The molecule has 0 radical (unpaired) electrons. The molecule has 6 heteroatoms. The van der Waals surface area contributed by atoms with Crippen LogP contribution in [0.3, 0.4) is 0 Å². The van der Waals surface area contributed by atoms with Crippen LogP contribution in [0.2, 0.25) is 0 Å². The molecular formula is C8H7N3O3. The summed E-state index contributed by atoms with van der Waals surface area (Å²) in [5, 5.41) is 14.5. The van der Waals surface area contributed by atoms with E-state index >= 15 is 0 Å². The predicted molar refractivity (Wildman–Crippen MR) is 49.9 cm³/mol. The van der Waals surface area contributed by atoms with Crippen molar-refractivity contribution in [3.63, 3.8) is 0 Å². The number of nitro benzene ring substituents is 1. The summed E-state index contributed by atoms with van der Waals surface area (Å²) < 4.78 is 0. The van der Waals surface area contributed by atoms with Crippen molar-refractivity contribution in [2.24, 2.45) is 5.29 Å². The van der Waals surface area contributed by atoms with Gasteiger partial charge in [0.05, 0.1) is 15.9 Å². The van der Waals surface area contributed by atoms with E-state index in [1.165, 1.54) is 17.1 Å². The second-order valence-corrected chi connectivity index (χ2v) is 3.02. The molecule has 0 saturated heterocycles. The number of hydrogen-bond donors (Lipinski definition) is 0. The second kappa shape index (κ2) is 3.06. The summed E-state index contributed by atoms with van der Waals surface area (Å²) in [4.78, 5) is 20.3. The van der Waals surface area contributed by atoms with Gasteiger partial charge in [0.1, 0.15) is 0 Å². The summed E-state index contributed by atoms with van der Waals surface area (Å²) in [6.45, 7) is 0.500. The molecular weight excluding hydrogens is 186 g/mol. The first-order valence-electron chi connectivity index (χ1n) is 4.10. The van der Waals surface area contributed by atoms with Crippen molar-refractivity contribution >= 4 is 11.4 Å². The van der Waals surface area contributed by atoms with Crippen molar-refractivity contribution in [3.8, 4) is 0 Å². The standard InChI is InChI=1S/C8H7N3O3/c12-9-10-4-3-6-1-2-7(11(13)14)5-8(6)10/h1-2,5H,3-4H2. The first-order chi connectivity index (χ1) is 6.72. The minimum absolute atomic E-state index is 0.0145. The third-order valence-corrected chi connectivity index (χ3v) is 2.25. The van der Waals surface area contributed by atoms with Crippen LogP contribution in [0.5, 0.6) is 0 Å². The Labute approximate surface area is 79.2 Å². The Hall–Kier alpha value is -1.98. The molecule has 1 aromatic carbocycles. The molecule has 0 aromatic heterocycles. The zero-order valence-corrected chi connectivity index (χ0v) is 7.21. The van der Waals surface area contributed by atoms with Gasteiger partial charge in [-0.1, -0.05) is 6.07 Å². The van der Waals surface area contributed by atoms with E-state index in [2.05, 4.69) is 5.29 Å². The van der Waals surface area contributed by atoms with E-state index in [-0.39, 0.29) is 5.69 Å². The lowest BCUT2D eigenvalue weighted by Crippen LogP contribution is -2.10. The van der Waals surface area contributed by atoms with Gasteiger partial charge in [0, 0.05) is 18.7 Å². The maximum Gasteiger partial charge on any atom is 0.271 e. The van der Waals surface area contributed by atoms with E-state index in [1.54, 1.807) is 6.07 Å². The van der Waals surface area contributed by atoms with Crippen LogP contribution in [0.1, 0.15) is 5.56 Å².